The number of anilines is 1. The first-order valence-electron chi connectivity index (χ1n) is 5.89. The summed E-state index contributed by atoms with van der Waals surface area (Å²) in [7, 11) is -1.25. The van der Waals surface area contributed by atoms with Gasteiger partial charge in [0.25, 0.3) is 10.1 Å². The molecule has 0 bridgehead atoms. The zero-order valence-electron chi connectivity index (χ0n) is 11.6. The van der Waals surface area contributed by atoms with E-state index in [0.29, 0.717) is 5.69 Å². The average Bonchev–Trinajstić information content (AvgIpc) is 2.44. The Balaban J connectivity index is 2.96. The highest BCUT2D eigenvalue weighted by Gasteiger charge is 2.17. The summed E-state index contributed by atoms with van der Waals surface area (Å²) in [4.78, 5) is 5.33. The molecule has 0 saturated carbocycles. The van der Waals surface area contributed by atoms with E-state index >= 15 is 0 Å². The first-order valence-corrected chi connectivity index (χ1v) is 7.80. The zero-order chi connectivity index (χ0) is 15.9. The van der Waals surface area contributed by atoms with Crippen molar-refractivity contribution in [1.82, 2.24) is 0 Å². The third-order valence-electron chi connectivity index (χ3n) is 2.43. The monoisotopic (exact) mass is 335 g/mol. The van der Waals surface area contributed by atoms with Crippen LogP contribution < -0.4 is 5.06 Å². The predicted octanol–water partition coefficient (Wildman–Crippen LogP) is 1.29. The number of methoxy groups -OCH3 is 2. The second-order valence-electron chi connectivity index (χ2n) is 4.04. The third kappa shape index (κ3) is 5.65. The lowest BCUT2D eigenvalue weighted by Crippen LogP contribution is -2.34. The van der Waals surface area contributed by atoms with Crippen LogP contribution >= 0.6 is 12.2 Å². The highest BCUT2D eigenvalue weighted by Crippen LogP contribution is 2.19. The molecule has 0 aliphatic rings. The Morgan fingerprint density at radius 1 is 1.33 bits per heavy atom. The molecule has 0 spiro atoms. The van der Waals surface area contributed by atoms with Crippen LogP contribution in [0.4, 0.5) is 5.69 Å². The second kappa shape index (κ2) is 8.37. The summed E-state index contributed by atoms with van der Waals surface area (Å²) in [6, 6.07) is 5.57. The molecule has 0 fully saturated rings. The normalized spacial score (nSPS) is 11.6. The Hall–Kier alpha value is -1.10. The molecule has 0 saturated heterocycles. The SMILES string of the molecule is COCC(COC)ON(C=S)c1cccc(S(=O)(=O)O)c1. The molecule has 1 rings (SSSR count). The smallest absolute Gasteiger partial charge is 0.294 e. The molecule has 0 radical (unpaired) electrons. The van der Waals surface area contributed by atoms with Crippen molar-refractivity contribution in [2.75, 3.05) is 32.5 Å². The van der Waals surface area contributed by atoms with Gasteiger partial charge in [0.05, 0.1) is 29.3 Å². The Morgan fingerprint density at radius 2 is 1.95 bits per heavy atom. The van der Waals surface area contributed by atoms with Gasteiger partial charge in [0.2, 0.25) is 0 Å². The van der Waals surface area contributed by atoms with Gasteiger partial charge in [-0.1, -0.05) is 18.3 Å². The van der Waals surface area contributed by atoms with Gasteiger partial charge in [0, 0.05) is 14.2 Å². The molecule has 0 aliphatic heterocycles. The minimum absolute atomic E-state index is 0.250. The average molecular weight is 335 g/mol. The number of benzene rings is 1. The molecule has 0 heterocycles. The number of hydroxylamine groups is 1. The van der Waals surface area contributed by atoms with Gasteiger partial charge < -0.3 is 9.47 Å². The number of hydrogen-bond donors (Lipinski definition) is 1. The number of nitrogens with zero attached hydrogens (tertiary/aromatic N) is 1. The maximum absolute atomic E-state index is 11.1. The summed E-state index contributed by atoms with van der Waals surface area (Å²) in [5.41, 5.74) is 1.57. The van der Waals surface area contributed by atoms with Crippen LogP contribution in [0.2, 0.25) is 0 Å². The molecule has 1 aromatic rings. The molecule has 1 aromatic carbocycles. The number of ether oxygens (including phenoxy) is 2. The van der Waals surface area contributed by atoms with Gasteiger partial charge in [-0.25, -0.2) is 5.06 Å². The molecule has 0 amide bonds. The lowest BCUT2D eigenvalue weighted by molar-refractivity contribution is -0.0373. The van der Waals surface area contributed by atoms with Crippen molar-refractivity contribution in [2.24, 2.45) is 0 Å². The van der Waals surface area contributed by atoms with Crippen LogP contribution in [0.1, 0.15) is 0 Å². The van der Waals surface area contributed by atoms with Crippen LogP contribution in [0.25, 0.3) is 0 Å². The fourth-order valence-corrected chi connectivity index (χ4v) is 2.26. The summed E-state index contributed by atoms with van der Waals surface area (Å²) < 4.78 is 41.3. The Morgan fingerprint density at radius 3 is 2.43 bits per heavy atom. The molecule has 0 aliphatic carbocycles. The summed E-state index contributed by atoms with van der Waals surface area (Å²) in [5, 5.41) is 1.22. The van der Waals surface area contributed by atoms with Gasteiger partial charge in [-0.15, -0.1) is 0 Å². The minimum Gasteiger partial charge on any atom is -0.382 e. The van der Waals surface area contributed by atoms with E-state index in [1.54, 1.807) is 6.07 Å². The fourth-order valence-electron chi connectivity index (χ4n) is 1.57. The topological polar surface area (TPSA) is 85.3 Å². The maximum Gasteiger partial charge on any atom is 0.294 e. The minimum atomic E-state index is -4.30. The first-order chi connectivity index (χ1) is 9.92. The molecule has 9 heteroatoms. The molecular weight excluding hydrogens is 318 g/mol. The van der Waals surface area contributed by atoms with Gasteiger partial charge in [-0.3, -0.25) is 9.39 Å². The van der Waals surface area contributed by atoms with E-state index < -0.39 is 16.2 Å². The van der Waals surface area contributed by atoms with Gasteiger partial charge in [0.1, 0.15) is 6.10 Å². The summed E-state index contributed by atoms with van der Waals surface area (Å²) in [6.45, 7) is 0.539. The van der Waals surface area contributed by atoms with Gasteiger partial charge in [-0.05, 0) is 18.2 Å². The van der Waals surface area contributed by atoms with Crippen molar-refractivity contribution >= 4 is 33.5 Å². The van der Waals surface area contributed by atoms with Crippen molar-refractivity contribution in [3.05, 3.63) is 24.3 Å². The maximum atomic E-state index is 11.1. The highest BCUT2D eigenvalue weighted by molar-refractivity contribution is 7.85. The Labute approximate surface area is 129 Å². The Bertz CT molecular complexity index is 557. The van der Waals surface area contributed by atoms with Crippen molar-refractivity contribution in [1.29, 1.82) is 0 Å². The standard InChI is InChI=1S/C12H17NO6S2/c1-17-7-11(8-18-2)19-13(9-20)10-4-3-5-12(6-10)21(14,15)16/h3-6,9,11H,7-8H2,1-2H3,(H,14,15,16). The quantitative estimate of drug-likeness (QED) is 0.410. The lowest BCUT2D eigenvalue weighted by atomic mass is 10.3. The molecule has 0 atom stereocenters. The van der Waals surface area contributed by atoms with Crippen LogP contribution in [0, 0.1) is 0 Å². The van der Waals surface area contributed by atoms with E-state index in [0.717, 1.165) is 0 Å². The van der Waals surface area contributed by atoms with E-state index in [1.165, 1.54) is 43.0 Å². The van der Waals surface area contributed by atoms with E-state index in [-0.39, 0.29) is 18.1 Å². The molecule has 21 heavy (non-hydrogen) atoms. The molecule has 0 unspecified atom stereocenters. The van der Waals surface area contributed by atoms with Gasteiger partial charge in [0.15, 0.2) is 0 Å². The van der Waals surface area contributed by atoms with Crippen LogP contribution in [-0.4, -0.2) is 52.0 Å². The molecule has 1 N–H and O–H groups in total. The predicted molar refractivity (Wildman–Crippen MR) is 81.0 cm³/mol. The lowest BCUT2D eigenvalue weighted by Gasteiger charge is -2.24. The van der Waals surface area contributed by atoms with Crippen molar-refractivity contribution < 1.29 is 27.3 Å². The van der Waals surface area contributed by atoms with Crippen molar-refractivity contribution in [3.8, 4) is 0 Å². The Kier molecular flexibility index (Phi) is 7.15. The van der Waals surface area contributed by atoms with E-state index in [2.05, 4.69) is 0 Å². The second-order valence-corrected chi connectivity index (χ2v) is 5.67. The van der Waals surface area contributed by atoms with Crippen molar-refractivity contribution in [3.63, 3.8) is 0 Å². The number of thiocarbonyl (C=S) groups is 1. The molecule has 118 valence electrons. The van der Waals surface area contributed by atoms with E-state index in [1.807, 2.05) is 0 Å². The van der Waals surface area contributed by atoms with Crippen LogP contribution in [0.15, 0.2) is 29.2 Å². The summed E-state index contributed by atoms with van der Waals surface area (Å²) in [6.07, 6.45) is -0.423. The van der Waals surface area contributed by atoms with Gasteiger partial charge >= 0.3 is 0 Å². The third-order valence-corrected chi connectivity index (χ3v) is 3.47. The summed E-state index contributed by atoms with van der Waals surface area (Å²) in [5.74, 6) is 0. The van der Waals surface area contributed by atoms with Crippen LogP contribution in [0.3, 0.4) is 0 Å². The van der Waals surface area contributed by atoms with E-state index in [9.17, 15) is 8.42 Å². The van der Waals surface area contributed by atoms with Crippen LogP contribution in [0.5, 0.6) is 0 Å². The van der Waals surface area contributed by atoms with Gasteiger partial charge in [-0.2, -0.15) is 8.42 Å². The largest absolute Gasteiger partial charge is 0.382 e. The summed E-state index contributed by atoms with van der Waals surface area (Å²) >= 11 is 4.86. The first kappa shape index (κ1) is 18.0. The van der Waals surface area contributed by atoms with Crippen LogP contribution in [-0.2, 0) is 24.4 Å². The highest BCUT2D eigenvalue weighted by atomic mass is 32.2. The molecular formula is C12H17NO6S2. The van der Waals surface area contributed by atoms with Crippen molar-refractivity contribution in [2.45, 2.75) is 11.0 Å². The van der Waals surface area contributed by atoms with E-state index in [4.69, 9.17) is 31.1 Å². The molecule has 7 nitrogen and oxygen atoms in total. The number of rotatable bonds is 9. The number of hydrogen-bond acceptors (Lipinski definition) is 6. The fraction of sp³-hybridized carbons (Fsp3) is 0.417. The zero-order valence-corrected chi connectivity index (χ0v) is 13.3. The molecule has 0 aromatic heterocycles.